The highest BCUT2D eigenvalue weighted by molar-refractivity contribution is 7.98. The van der Waals surface area contributed by atoms with Gasteiger partial charge in [0.25, 0.3) is 0 Å². The molecule has 1 aliphatic heterocycles. The molecule has 0 radical (unpaired) electrons. The van der Waals surface area contributed by atoms with Gasteiger partial charge in [0, 0.05) is 47.0 Å². The van der Waals surface area contributed by atoms with Crippen molar-refractivity contribution in [3.63, 3.8) is 0 Å². The second-order valence-electron chi connectivity index (χ2n) is 10.1. The first-order chi connectivity index (χ1) is 17.5. The maximum Gasteiger partial charge on any atom is 0.348 e. The van der Waals surface area contributed by atoms with Crippen LogP contribution in [0.5, 0.6) is 0 Å². The zero-order valence-corrected chi connectivity index (χ0v) is 23.6. The van der Waals surface area contributed by atoms with Gasteiger partial charge in [-0.2, -0.15) is 4.98 Å². The molecular weight excluding hydrogens is 535 g/mol. The van der Waals surface area contributed by atoms with Gasteiger partial charge in [-0.25, -0.2) is 4.79 Å². The van der Waals surface area contributed by atoms with Gasteiger partial charge in [0.05, 0.1) is 12.3 Å². The Kier molecular flexibility index (Phi) is 8.68. The second kappa shape index (κ2) is 11.6. The topological polar surface area (TPSA) is 90.5 Å². The molecule has 0 amide bonds. The number of esters is 1. The summed E-state index contributed by atoms with van der Waals surface area (Å²) < 4.78 is 12.6. The lowest BCUT2D eigenvalue weighted by molar-refractivity contribution is -0.156. The fourth-order valence-electron chi connectivity index (χ4n) is 4.23. The standard InChI is InChI=1S/C26H30Cl2N4O4S/c1-16-13-32(20-5-7-31(8-6-20)14-23(33)35-26(2,3)4)25(34)29-24(16)37-15-21-12-22(30-36-21)17-9-18(27)11-19(28)10-17/h9-13,20H,5-8,14-15H2,1-4H3. The van der Waals surface area contributed by atoms with Crippen LogP contribution >= 0.6 is 35.0 Å². The Morgan fingerprint density at radius 2 is 1.84 bits per heavy atom. The molecule has 8 nitrogen and oxygen atoms in total. The van der Waals surface area contributed by atoms with Crippen molar-refractivity contribution >= 4 is 40.9 Å². The van der Waals surface area contributed by atoms with Gasteiger partial charge in [-0.3, -0.25) is 14.3 Å². The zero-order valence-electron chi connectivity index (χ0n) is 21.3. The van der Waals surface area contributed by atoms with Crippen LogP contribution in [0, 0.1) is 6.92 Å². The Hall–Kier alpha value is -2.33. The molecule has 2 aromatic heterocycles. The monoisotopic (exact) mass is 564 g/mol. The summed E-state index contributed by atoms with van der Waals surface area (Å²) in [5.74, 6) is 0.901. The van der Waals surface area contributed by atoms with Crippen LogP contribution in [-0.4, -0.2) is 50.8 Å². The van der Waals surface area contributed by atoms with E-state index in [4.69, 9.17) is 32.5 Å². The molecule has 1 aromatic carbocycles. The van der Waals surface area contributed by atoms with Crippen molar-refractivity contribution < 1.29 is 14.1 Å². The largest absolute Gasteiger partial charge is 0.459 e. The third-order valence-electron chi connectivity index (χ3n) is 5.88. The maximum atomic E-state index is 12.9. The van der Waals surface area contributed by atoms with E-state index < -0.39 is 5.60 Å². The number of piperidine rings is 1. The summed E-state index contributed by atoms with van der Waals surface area (Å²) in [6.07, 6.45) is 3.42. The molecule has 11 heteroatoms. The number of benzene rings is 1. The number of rotatable bonds is 7. The first-order valence-electron chi connectivity index (χ1n) is 12.1. The predicted molar refractivity (Wildman–Crippen MR) is 145 cm³/mol. The summed E-state index contributed by atoms with van der Waals surface area (Å²) in [4.78, 5) is 31.4. The molecule has 1 fully saturated rings. The minimum Gasteiger partial charge on any atom is -0.459 e. The van der Waals surface area contributed by atoms with E-state index in [-0.39, 0.29) is 24.2 Å². The quantitative estimate of drug-likeness (QED) is 0.202. The molecule has 4 rings (SSSR count). The highest BCUT2D eigenvalue weighted by atomic mass is 35.5. The van der Waals surface area contributed by atoms with Crippen LogP contribution < -0.4 is 5.69 Å². The van der Waals surface area contributed by atoms with Gasteiger partial charge in [-0.15, -0.1) is 0 Å². The van der Waals surface area contributed by atoms with Crippen molar-refractivity contribution in [3.05, 3.63) is 62.3 Å². The van der Waals surface area contributed by atoms with Crippen molar-refractivity contribution in [2.45, 2.75) is 63.0 Å². The van der Waals surface area contributed by atoms with Crippen LogP contribution in [0.2, 0.25) is 10.0 Å². The molecule has 0 spiro atoms. The minimum absolute atomic E-state index is 0.0500. The average molecular weight is 566 g/mol. The van der Waals surface area contributed by atoms with E-state index >= 15 is 0 Å². The van der Waals surface area contributed by atoms with Crippen molar-refractivity contribution in [1.82, 2.24) is 19.6 Å². The molecular formula is C26H30Cl2N4O4S. The van der Waals surface area contributed by atoms with Crippen molar-refractivity contribution in [3.8, 4) is 11.3 Å². The van der Waals surface area contributed by atoms with E-state index in [9.17, 15) is 9.59 Å². The maximum absolute atomic E-state index is 12.9. The van der Waals surface area contributed by atoms with Gasteiger partial charge in [-0.05, 0) is 64.3 Å². The fraction of sp³-hybridized carbons (Fsp3) is 0.462. The number of hydrogen-bond acceptors (Lipinski definition) is 8. The number of thioether (sulfide) groups is 1. The van der Waals surface area contributed by atoms with Crippen molar-refractivity contribution in [2.24, 2.45) is 0 Å². The molecule has 0 saturated carbocycles. The summed E-state index contributed by atoms with van der Waals surface area (Å²) in [5.41, 5.74) is 1.56. The fourth-order valence-corrected chi connectivity index (χ4v) is 5.59. The molecule has 0 bridgehead atoms. The molecule has 0 unspecified atom stereocenters. The number of halogens is 2. The molecule has 37 heavy (non-hydrogen) atoms. The Morgan fingerprint density at radius 3 is 2.49 bits per heavy atom. The van der Waals surface area contributed by atoms with Crippen LogP contribution in [0.25, 0.3) is 11.3 Å². The molecule has 3 heterocycles. The highest BCUT2D eigenvalue weighted by Gasteiger charge is 2.25. The van der Waals surface area contributed by atoms with Gasteiger partial charge in [-0.1, -0.05) is 40.1 Å². The van der Waals surface area contributed by atoms with E-state index in [1.165, 1.54) is 11.8 Å². The number of aromatic nitrogens is 3. The molecule has 1 aliphatic rings. The normalized spacial score (nSPS) is 15.2. The van der Waals surface area contributed by atoms with Crippen molar-refractivity contribution in [2.75, 3.05) is 19.6 Å². The van der Waals surface area contributed by atoms with E-state index in [1.807, 2.05) is 40.0 Å². The van der Waals surface area contributed by atoms with Crippen LogP contribution in [0.15, 0.2) is 44.8 Å². The summed E-state index contributed by atoms with van der Waals surface area (Å²) in [5, 5.41) is 5.82. The van der Waals surface area contributed by atoms with Gasteiger partial charge < -0.3 is 9.26 Å². The Balaban J connectivity index is 1.35. The second-order valence-corrected chi connectivity index (χ2v) is 12.0. The number of aryl methyl sites for hydroxylation is 1. The Morgan fingerprint density at radius 1 is 1.16 bits per heavy atom. The Bertz CT molecular complexity index is 1310. The third-order valence-corrected chi connectivity index (χ3v) is 7.43. The predicted octanol–water partition coefficient (Wildman–Crippen LogP) is 5.78. The van der Waals surface area contributed by atoms with E-state index in [0.717, 1.165) is 37.1 Å². The van der Waals surface area contributed by atoms with Gasteiger partial charge >= 0.3 is 11.7 Å². The van der Waals surface area contributed by atoms with Crippen molar-refractivity contribution in [1.29, 1.82) is 0 Å². The van der Waals surface area contributed by atoms with E-state index in [0.29, 0.717) is 32.3 Å². The van der Waals surface area contributed by atoms with Crippen LogP contribution in [0.4, 0.5) is 0 Å². The number of hydrogen-bond donors (Lipinski definition) is 0. The average Bonchev–Trinajstić information content (AvgIpc) is 3.27. The van der Waals surface area contributed by atoms with Gasteiger partial charge in [0.15, 0.2) is 0 Å². The summed E-state index contributed by atoms with van der Waals surface area (Å²) in [6, 6.07) is 7.09. The van der Waals surface area contributed by atoms with Crippen LogP contribution in [-0.2, 0) is 15.3 Å². The summed E-state index contributed by atoms with van der Waals surface area (Å²) in [7, 11) is 0. The molecule has 1 saturated heterocycles. The number of nitrogens with zero attached hydrogens (tertiary/aromatic N) is 4. The molecule has 0 N–H and O–H groups in total. The number of ether oxygens (including phenoxy) is 1. The van der Waals surface area contributed by atoms with Gasteiger partial charge in [0.2, 0.25) is 0 Å². The summed E-state index contributed by atoms with van der Waals surface area (Å²) in [6.45, 7) is 9.24. The summed E-state index contributed by atoms with van der Waals surface area (Å²) >= 11 is 13.6. The molecule has 0 atom stereocenters. The lowest BCUT2D eigenvalue weighted by atomic mass is 10.0. The third kappa shape index (κ3) is 7.60. The smallest absolute Gasteiger partial charge is 0.348 e. The first-order valence-corrected chi connectivity index (χ1v) is 13.8. The number of carbonyl (C=O) groups is 1. The Labute approximate surface area is 230 Å². The van der Waals surface area contributed by atoms with Crippen LogP contribution in [0.1, 0.15) is 51.0 Å². The van der Waals surface area contributed by atoms with E-state index in [2.05, 4.69) is 15.0 Å². The lowest BCUT2D eigenvalue weighted by Gasteiger charge is -2.32. The van der Waals surface area contributed by atoms with E-state index in [1.54, 1.807) is 22.8 Å². The molecule has 0 aliphatic carbocycles. The van der Waals surface area contributed by atoms with Gasteiger partial charge in [0.1, 0.15) is 22.1 Å². The number of carbonyl (C=O) groups excluding carboxylic acids is 1. The molecule has 198 valence electrons. The molecule has 3 aromatic rings. The SMILES string of the molecule is Cc1cn(C2CCN(CC(=O)OC(C)(C)C)CC2)c(=O)nc1SCc1cc(-c2cc(Cl)cc(Cl)c2)no1. The minimum atomic E-state index is -0.494. The lowest BCUT2D eigenvalue weighted by Crippen LogP contribution is -2.41. The first kappa shape index (κ1) is 27.7. The highest BCUT2D eigenvalue weighted by Crippen LogP contribution is 2.30. The number of likely N-dealkylation sites (tertiary alicyclic amines) is 1. The van der Waals surface area contributed by atoms with Crippen LogP contribution in [0.3, 0.4) is 0 Å². The zero-order chi connectivity index (χ0) is 26.7.